The van der Waals surface area contributed by atoms with E-state index >= 15 is 0 Å². The highest BCUT2D eigenvalue weighted by Crippen LogP contribution is 2.16. The van der Waals surface area contributed by atoms with E-state index in [0.717, 1.165) is 5.56 Å². The van der Waals surface area contributed by atoms with Gasteiger partial charge in [-0.1, -0.05) is 35.5 Å². The number of carbonyl (C=O) groups excluding carboxylic acids is 2. The van der Waals surface area contributed by atoms with Gasteiger partial charge in [-0.3, -0.25) is 9.59 Å². The number of nitrogens with one attached hydrogen (secondary N) is 1. The van der Waals surface area contributed by atoms with Gasteiger partial charge in [0.1, 0.15) is 5.75 Å². The summed E-state index contributed by atoms with van der Waals surface area (Å²) in [7, 11) is 3.33. The van der Waals surface area contributed by atoms with Crippen molar-refractivity contribution in [3.63, 3.8) is 0 Å². The van der Waals surface area contributed by atoms with E-state index in [4.69, 9.17) is 4.74 Å². The van der Waals surface area contributed by atoms with E-state index in [1.807, 2.05) is 30.3 Å². The molecule has 0 radical (unpaired) electrons. The van der Waals surface area contributed by atoms with Gasteiger partial charge in [0.15, 0.2) is 12.3 Å². The van der Waals surface area contributed by atoms with E-state index in [1.165, 1.54) is 4.90 Å². The first-order chi connectivity index (χ1) is 13.5. The van der Waals surface area contributed by atoms with Gasteiger partial charge < -0.3 is 15.0 Å². The highest BCUT2D eigenvalue weighted by atomic mass is 16.5. The fraction of sp³-hybridized carbons (Fsp3) is 0.200. The van der Waals surface area contributed by atoms with Crippen LogP contribution in [0.5, 0.6) is 5.75 Å². The summed E-state index contributed by atoms with van der Waals surface area (Å²) in [6, 6.07) is 16.6. The van der Waals surface area contributed by atoms with Crippen LogP contribution < -0.4 is 10.1 Å². The first-order valence-electron chi connectivity index (χ1n) is 8.69. The van der Waals surface area contributed by atoms with Crippen molar-refractivity contribution in [1.29, 1.82) is 0 Å². The zero-order chi connectivity index (χ0) is 19.9. The van der Waals surface area contributed by atoms with Crippen LogP contribution in [0.4, 0.5) is 5.69 Å². The molecule has 0 aliphatic heterocycles. The Morgan fingerprint density at radius 2 is 1.79 bits per heavy atom. The quantitative estimate of drug-likeness (QED) is 0.679. The number of likely N-dealkylation sites (N-methyl/N-ethyl adjacent to an activating group) is 1. The van der Waals surface area contributed by atoms with Gasteiger partial charge in [-0.25, -0.2) is 4.68 Å². The Hall–Kier alpha value is -3.68. The summed E-state index contributed by atoms with van der Waals surface area (Å²) in [5.41, 5.74) is 1.89. The van der Waals surface area contributed by atoms with Crippen LogP contribution in [0, 0.1) is 0 Å². The molecule has 0 spiro atoms. The number of hydrogen-bond donors (Lipinski definition) is 1. The summed E-state index contributed by atoms with van der Waals surface area (Å²) in [5, 5.41) is 10.7. The van der Waals surface area contributed by atoms with Gasteiger partial charge in [0.25, 0.3) is 11.8 Å². The molecular weight excluding hydrogens is 358 g/mol. The normalized spacial score (nSPS) is 10.4. The van der Waals surface area contributed by atoms with Crippen LogP contribution >= 0.6 is 0 Å². The summed E-state index contributed by atoms with van der Waals surface area (Å²) >= 11 is 0. The Balaban J connectivity index is 1.55. The topological polar surface area (TPSA) is 89.4 Å². The predicted octanol–water partition coefficient (Wildman–Crippen LogP) is 2.05. The monoisotopic (exact) mass is 379 g/mol. The molecule has 0 aliphatic carbocycles. The Kier molecular flexibility index (Phi) is 6.01. The second-order valence-electron chi connectivity index (χ2n) is 6.34. The molecule has 8 heteroatoms. The third-order valence-electron chi connectivity index (χ3n) is 3.93. The standard InChI is InChI=1S/C20H21N5O3/c1-24(2)19(26)14-28-17-10-8-16(9-11-17)21-20(27)18-13-25(23-22-18)12-15-6-4-3-5-7-15/h3-11,13H,12,14H2,1-2H3,(H,21,27). The summed E-state index contributed by atoms with van der Waals surface area (Å²) < 4.78 is 7.02. The zero-order valence-electron chi connectivity index (χ0n) is 15.7. The highest BCUT2D eigenvalue weighted by molar-refractivity contribution is 6.02. The molecule has 3 rings (SSSR count). The van der Waals surface area contributed by atoms with Gasteiger partial charge in [0.05, 0.1) is 12.7 Å². The van der Waals surface area contributed by atoms with Crippen molar-refractivity contribution in [2.75, 3.05) is 26.0 Å². The smallest absolute Gasteiger partial charge is 0.277 e. The minimum Gasteiger partial charge on any atom is -0.484 e. The molecule has 28 heavy (non-hydrogen) atoms. The number of rotatable bonds is 7. The van der Waals surface area contributed by atoms with Crippen LogP contribution in [-0.2, 0) is 11.3 Å². The summed E-state index contributed by atoms with van der Waals surface area (Å²) in [5.74, 6) is 0.0636. The van der Waals surface area contributed by atoms with E-state index in [1.54, 1.807) is 49.2 Å². The average molecular weight is 379 g/mol. The molecule has 0 unspecified atom stereocenters. The van der Waals surface area contributed by atoms with Crippen molar-refractivity contribution >= 4 is 17.5 Å². The molecule has 2 amide bonds. The van der Waals surface area contributed by atoms with Crippen molar-refractivity contribution in [2.45, 2.75) is 6.54 Å². The lowest BCUT2D eigenvalue weighted by Crippen LogP contribution is -2.27. The van der Waals surface area contributed by atoms with Gasteiger partial charge in [0, 0.05) is 19.8 Å². The Bertz CT molecular complexity index is 936. The third kappa shape index (κ3) is 5.16. The molecule has 0 aliphatic rings. The molecule has 0 bridgehead atoms. The molecule has 8 nitrogen and oxygen atoms in total. The molecule has 3 aromatic rings. The van der Waals surface area contributed by atoms with E-state index in [-0.39, 0.29) is 24.1 Å². The van der Waals surface area contributed by atoms with Crippen LogP contribution in [0.15, 0.2) is 60.8 Å². The van der Waals surface area contributed by atoms with Gasteiger partial charge in [-0.05, 0) is 29.8 Å². The van der Waals surface area contributed by atoms with Crippen LogP contribution in [0.25, 0.3) is 0 Å². The fourth-order valence-corrected chi connectivity index (χ4v) is 2.35. The van der Waals surface area contributed by atoms with Crippen LogP contribution in [-0.4, -0.2) is 52.4 Å². The fourth-order valence-electron chi connectivity index (χ4n) is 2.35. The molecule has 0 fully saturated rings. The van der Waals surface area contributed by atoms with Crippen LogP contribution in [0.1, 0.15) is 16.1 Å². The lowest BCUT2D eigenvalue weighted by molar-refractivity contribution is -0.130. The minimum absolute atomic E-state index is 0.0385. The Labute approximate surface area is 162 Å². The van der Waals surface area contributed by atoms with Crippen molar-refractivity contribution in [3.8, 4) is 5.75 Å². The number of benzene rings is 2. The number of nitrogens with zero attached hydrogens (tertiary/aromatic N) is 4. The van der Waals surface area contributed by atoms with Crippen molar-refractivity contribution in [2.24, 2.45) is 0 Å². The zero-order valence-corrected chi connectivity index (χ0v) is 15.7. The molecule has 0 atom stereocenters. The molecule has 1 N–H and O–H groups in total. The Morgan fingerprint density at radius 3 is 2.46 bits per heavy atom. The third-order valence-corrected chi connectivity index (χ3v) is 3.93. The summed E-state index contributed by atoms with van der Waals surface area (Å²) in [6.45, 7) is 0.502. The van der Waals surface area contributed by atoms with Crippen molar-refractivity contribution in [3.05, 3.63) is 72.1 Å². The molecule has 0 saturated heterocycles. The van der Waals surface area contributed by atoms with Gasteiger partial charge in [-0.2, -0.15) is 0 Å². The molecule has 144 valence electrons. The van der Waals surface area contributed by atoms with Gasteiger partial charge in [0.2, 0.25) is 0 Å². The minimum atomic E-state index is -0.351. The first kappa shape index (κ1) is 19.1. The molecule has 0 saturated carbocycles. The average Bonchev–Trinajstić information content (AvgIpc) is 3.16. The maximum atomic E-state index is 12.3. The SMILES string of the molecule is CN(C)C(=O)COc1ccc(NC(=O)c2cn(Cc3ccccc3)nn2)cc1. The molecule has 1 aromatic heterocycles. The van der Waals surface area contributed by atoms with E-state index in [2.05, 4.69) is 15.6 Å². The van der Waals surface area contributed by atoms with Gasteiger partial charge >= 0.3 is 0 Å². The second kappa shape index (κ2) is 8.81. The maximum Gasteiger partial charge on any atom is 0.277 e. The van der Waals surface area contributed by atoms with Crippen LogP contribution in [0.2, 0.25) is 0 Å². The Morgan fingerprint density at radius 1 is 1.07 bits per heavy atom. The number of ether oxygens (including phenoxy) is 1. The van der Waals surface area contributed by atoms with Crippen molar-refractivity contribution < 1.29 is 14.3 Å². The highest BCUT2D eigenvalue weighted by Gasteiger charge is 2.12. The number of anilines is 1. The first-order valence-corrected chi connectivity index (χ1v) is 8.69. The summed E-state index contributed by atoms with van der Waals surface area (Å²) in [6.07, 6.45) is 1.60. The van der Waals surface area contributed by atoms with E-state index in [9.17, 15) is 9.59 Å². The summed E-state index contributed by atoms with van der Waals surface area (Å²) in [4.78, 5) is 25.3. The largest absolute Gasteiger partial charge is 0.484 e. The van der Waals surface area contributed by atoms with E-state index < -0.39 is 0 Å². The number of aromatic nitrogens is 3. The number of hydrogen-bond acceptors (Lipinski definition) is 5. The number of amides is 2. The van der Waals surface area contributed by atoms with Crippen LogP contribution in [0.3, 0.4) is 0 Å². The predicted molar refractivity (Wildman–Crippen MR) is 104 cm³/mol. The van der Waals surface area contributed by atoms with Gasteiger partial charge in [-0.15, -0.1) is 5.10 Å². The lowest BCUT2D eigenvalue weighted by atomic mass is 10.2. The molecule has 1 heterocycles. The second-order valence-corrected chi connectivity index (χ2v) is 6.34. The lowest BCUT2D eigenvalue weighted by Gasteiger charge is -2.11. The number of carbonyl (C=O) groups is 2. The van der Waals surface area contributed by atoms with Crippen molar-refractivity contribution in [1.82, 2.24) is 19.9 Å². The molecule has 2 aromatic carbocycles. The molecular formula is C20H21N5O3. The maximum absolute atomic E-state index is 12.3. The van der Waals surface area contributed by atoms with E-state index in [0.29, 0.717) is 18.0 Å².